The summed E-state index contributed by atoms with van der Waals surface area (Å²) in [5.41, 5.74) is 1.62. The van der Waals surface area contributed by atoms with Crippen LogP contribution >= 0.6 is 0 Å². The Labute approximate surface area is 109 Å². The Hall–Kier alpha value is -2.11. The smallest absolute Gasteiger partial charge is 0.261 e. The van der Waals surface area contributed by atoms with Crippen molar-refractivity contribution in [2.75, 3.05) is 6.61 Å². The van der Waals surface area contributed by atoms with Crippen LogP contribution in [-0.4, -0.2) is 27.5 Å². The van der Waals surface area contributed by atoms with Crippen molar-refractivity contribution < 1.29 is 14.6 Å². The zero-order valence-electron chi connectivity index (χ0n) is 10.3. The van der Waals surface area contributed by atoms with Gasteiger partial charge in [0.1, 0.15) is 5.69 Å². The highest BCUT2D eigenvalue weighted by Gasteiger charge is 2.47. The summed E-state index contributed by atoms with van der Waals surface area (Å²) in [6, 6.07) is 6.56. The van der Waals surface area contributed by atoms with Gasteiger partial charge in [-0.2, -0.15) is 0 Å². The summed E-state index contributed by atoms with van der Waals surface area (Å²) in [5.74, 6) is -2.48. The van der Waals surface area contributed by atoms with E-state index >= 15 is 0 Å². The molecule has 0 amide bonds. The van der Waals surface area contributed by atoms with E-state index in [0.717, 1.165) is 0 Å². The van der Waals surface area contributed by atoms with Gasteiger partial charge in [0.25, 0.3) is 5.79 Å². The predicted molar refractivity (Wildman–Crippen MR) is 67.3 cm³/mol. The molecule has 1 N–H and O–H groups in total. The van der Waals surface area contributed by atoms with Crippen LogP contribution in [0.1, 0.15) is 22.8 Å². The number of rotatable bonds is 2. The maximum Gasteiger partial charge on any atom is 0.261 e. The molecule has 96 valence electrons. The number of nitrogens with zero attached hydrogens (tertiary/aromatic N) is 2. The molecule has 1 aliphatic carbocycles. The Morgan fingerprint density at radius 2 is 1.89 bits per heavy atom. The van der Waals surface area contributed by atoms with Gasteiger partial charge in [0.05, 0.1) is 11.3 Å². The molecule has 1 unspecified atom stereocenters. The summed E-state index contributed by atoms with van der Waals surface area (Å²) in [7, 11) is 0. The number of aromatic nitrogens is 2. The lowest BCUT2D eigenvalue weighted by Crippen LogP contribution is -2.42. The van der Waals surface area contributed by atoms with Crippen LogP contribution in [0.4, 0.5) is 0 Å². The maximum atomic E-state index is 12.4. The summed E-state index contributed by atoms with van der Waals surface area (Å²) >= 11 is 0. The van der Waals surface area contributed by atoms with Crippen LogP contribution in [0.5, 0.6) is 0 Å². The average molecular weight is 256 g/mol. The van der Waals surface area contributed by atoms with Crippen molar-refractivity contribution in [1.82, 2.24) is 9.97 Å². The maximum absolute atomic E-state index is 12.4. The average Bonchev–Trinajstić information content (AvgIpc) is 2.46. The lowest BCUT2D eigenvalue weighted by Gasteiger charge is -2.32. The minimum atomic E-state index is -1.98. The summed E-state index contributed by atoms with van der Waals surface area (Å²) in [4.78, 5) is 20.9. The highest BCUT2D eigenvalue weighted by Crippen LogP contribution is 2.39. The van der Waals surface area contributed by atoms with Gasteiger partial charge < -0.3 is 9.84 Å². The van der Waals surface area contributed by atoms with Gasteiger partial charge in [-0.15, -0.1) is 0 Å². The van der Waals surface area contributed by atoms with Gasteiger partial charge in [-0.25, -0.2) is 0 Å². The van der Waals surface area contributed by atoms with Crippen LogP contribution in [0.25, 0.3) is 11.4 Å². The van der Waals surface area contributed by atoms with Gasteiger partial charge in [-0.05, 0) is 31.2 Å². The first-order chi connectivity index (χ1) is 9.18. The van der Waals surface area contributed by atoms with E-state index < -0.39 is 11.6 Å². The first-order valence-corrected chi connectivity index (χ1v) is 6.00. The van der Waals surface area contributed by atoms with E-state index in [0.29, 0.717) is 22.5 Å². The lowest BCUT2D eigenvalue weighted by molar-refractivity contribution is -0.170. The second kappa shape index (κ2) is 4.22. The van der Waals surface area contributed by atoms with Gasteiger partial charge in [0.2, 0.25) is 5.78 Å². The van der Waals surface area contributed by atoms with Gasteiger partial charge >= 0.3 is 0 Å². The van der Waals surface area contributed by atoms with Gasteiger partial charge in [-0.1, -0.05) is 0 Å². The quantitative estimate of drug-likeness (QED) is 0.825. The number of ether oxygens (including phenoxy) is 1. The second-order valence-electron chi connectivity index (χ2n) is 4.21. The Morgan fingerprint density at radius 1 is 1.21 bits per heavy atom. The van der Waals surface area contributed by atoms with Gasteiger partial charge in [0.15, 0.2) is 0 Å². The molecule has 0 saturated carbocycles. The third kappa shape index (κ3) is 1.59. The SMILES string of the molecule is CCOC1(O)C(=O)c2cccnc2-c2ncccc21. The summed E-state index contributed by atoms with van der Waals surface area (Å²) < 4.78 is 5.30. The minimum Gasteiger partial charge on any atom is -0.356 e. The number of hydrogen-bond donors (Lipinski definition) is 1. The van der Waals surface area contributed by atoms with Crippen LogP contribution < -0.4 is 0 Å². The number of ketones is 1. The van der Waals surface area contributed by atoms with Gasteiger partial charge in [-0.3, -0.25) is 14.8 Å². The first-order valence-electron chi connectivity index (χ1n) is 6.00. The molecule has 1 aliphatic rings. The number of hydrogen-bond acceptors (Lipinski definition) is 5. The van der Waals surface area contributed by atoms with Gasteiger partial charge in [0, 0.05) is 24.6 Å². The normalized spacial score (nSPS) is 20.8. The zero-order chi connectivity index (χ0) is 13.5. The molecule has 0 saturated heterocycles. The molecular formula is C14H12N2O3. The Kier molecular flexibility index (Phi) is 2.66. The summed E-state index contributed by atoms with van der Waals surface area (Å²) in [5, 5.41) is 10.6. The molecule has 2 aromatic rings. The van der Waals surface area contributed by atoms with E-state index in [1.165, 1.54) is 0 Å². The molecule has 0 fully saturated rings. The molecule has 3 rings (SSSR count). The fraction of sp³-hybridized carbons (Fsp3) is 0.214. The zero-order valence-corrected chi connectivity index (χ0v) is 10.3. The van der Waals surface area contributed by atoms with Crippen molar-refractivity contribution in [3.05, 3.63) is 47.8 Å². The standard InChI is InChI=1S/C14H12N2O3/c1-2-19-14(18)10-6-4-8-16-12(10)11-9(13(14)17)5-3-7-15-11/h3-8,18H,2H2,1H3. The topological polar surface area (TPSA) is 72.3 Å². The van der Waals surface area contributed by atoms with Crippen molar-refractivity contribution in [2.24, 2.45) is 0 Å². The van der Waals surface area contributed by atoms with Crippen molar-refractivity contribution in [3.8, 4) is 11.4 Å². The second-order valence-corrected chi connectivity index (χ2v) is 4.21. The molecular weight excluding hydrogens is 244 g/mol. The third-order valence-corrected chi connectivity index (χ3v) is 3.11. The van der Waals surface area contributed by atoms with Crippen LogP contribution in [0.3, 0.4) is 0 Å². The highest BCUT2D eigenvalue weighted by molar-refractivity contribution is 6.09. The Bertz CT molecular complexity index is 657. The number of Topliss-reactive ketones (excluding diaryl/α,β-unsaturated/α-hetero) is 1. The van der Waals surface area contributed by atoms with E-state index in [2.05, 4.69) is 9.97 Å². The largest absolute Gasteiger partial charge is 0.356 e. The molecule has 0 bridgehead atoms. The molecule has 0 spiro atoms. The van der Waals surface area contributed by atoms with E-state index in [-0.39, 0.29) is 6.61 Å². The Morgan fingerprint density at radius 3 is 2.63 bits per heavy atom. The van der Waals surface area contributed by atoms with Crippen LogP contribution in [-0.2, 0) is 10.5 Å². The van der Waals surface area contributed by atoms with Crippen molar-refractivity contribution in [3.63, 3.8) is 0 Å². The third-order valence-electron chi connectivity index (χ3n) is 3.11. The number of aliphatic hydroxyl groups is 1. The minimum absolute atomic E-state index is 0.214. The number of pyridine rings is 2. The first kappa shape index (κ1) is 12.0. The predicted octanol–water partition coefficient (Wildman–Crippen LogP) is 1.52. The van der Waals surface area contributed by atoms with Crippen LogP contribution in [0.15, 0.2) is 36.7 Å². The molecule has 1 atom stereocenters. The molecule has 0 radical (unpaired) electrons. The van der Waals surface area contributed by atoms with E-state index in [1.54, 1.807) is 43.6 Å². The van der Waals surface area contributed by atoms with Crippen molar-refractivity contribution in [2.45, 2.75) is 12.7 Å². The van der Waals surface area contributed by atoms with Crippen LogP contribution in [0, 0.1) is 0 Å². The fourth-order valence-electron chi connectivity index (χ4n) is 2.30. The fourth-order valence-corrected chi connectivity index (χ4v) is 2.30. The summed E-state index contributed by atoms with van der Waals surface area (Å²) in [6.07, 6.45) is 3.19. The van der Waals surface area contributed by atoms with E-state index in [4.69, 9.17) is 4.74 Å². The summed E-state index contributed by atoms with van der Waals surface area (Å²) in [6.45, 7) is 1.94. The molecule has 0 aromatic carbocycles. The molecule has 2 aromatic heterocycles. The number of carbonyl (C=O) groups excluding carboxylic acids is 1. The molecule has 5 heteroatoms. The molecule has 19 heavy (non-hydrogen) atoms. The number of carbonyl (C=O) groups is 1. The van der Waals surface area contributed by atoms with E-state index in [1.807, 2.05) is 0 Å². The van der Waals surface area contributed by atoms with Crippen LogP contribution in [0.2, 0.25) is 0 Å². The number of fused-ring (bicyclic) bond motifs is 3. The highest BCUT2D eigenvalue weighted by atomic mass is 16.6. The van der Waals surface area contributed by atoms with E-state index in [9.17, 15) is 9.90 Å². The monoisotopic (exact) mass is 256 g/mol. The van der Waals surface area contributed by atoms with Crippen molar-refractivity contribution in [1.29, 1.82) is 0 Å². The van der Waals surface area contributed by atoms with Crippen molar-refractivity contribution >= 4 is 5.78 Å². The molecule has 2 heterocycles. The molecule has 0 aliphatic heterocycles. The molecule has 5 nitrogen and oxygen atoms in total. The Balaban J connectivity index is 2.33. The lowest BCUT2D eigenvalue weighted by atomic mass is 9.86.